The number of benzene rings is 1. The van der Waals surface area contributed by atoms with Crippen molar-refractivity contribution < 1.29 is 12.8 Å². The lowest BCUT2D eigenvalue weighted by Crippen LogP contribution is -2.34. The number of rotatable bonds is 5. The standard InChI is InChI=1S/C13H13BrFNO2S2/c1-9(6-10-4-5-19-8-10)16-20(17,18)11-2-3-12(14)13(15)7-11/h2-5,7-9,16H,6H2,1H3. The van der Waals surface area contributed by atoms with Crippen LogP contribution in [-0.2, 0) is 16.4 Å². The van der Waals surface area contributed by atoms with Crippen molar-refractivity contribution in [3.63, 3.8) is 0 Å². The van der Waals surface area contributed by atoms with E-state index in [9.17, 15) is 12.8 Å². The van der Waals surface area contributed by atoms with Crippen LogP contribution < -0.4 is 4.72 Å². The van der Waals surface area contributed by atoms with Crippen LogP contribution in [0.1, 0.15) is 12.5 Å². The Bertz CT molecular complexity index is 686. The molecule has 108 valence electrons. The molecule has 0 radical (unpaired) electrons. The molecule has 1 aromatic heterocycles. The molecule has 0 spiro atoms. The Labute approximate surface area is 130 Å². The predicted octanol–water partition coefficient (Wildman–Crippen LogP) is 3.56. The van der Waals surface area contributed by atoms with E-state index in [4.69, 9.17) is 0 Å². The fourth-order valence-electron chi connectivity index (χ4n) is 1.78. The van der Waals surface area contributed by atoms with Crippen molar-refractivity contribution in [2.75, 3.05) is 0 Å². The predicted molar refractivity (Wildman–Crippen MR) is 81.9 cm³/mol. The first-order valence-electron chi connectivity index (χ1n) is 5.87. The van der Waals surface area contributed by atoms with E-state index in [0.29, 0.717) is 6.42 Å². The van der Waals surface area contributed by atoms with E-state index >= 15 is 0 Å². The molecule has 1 heterocycles. The van der Waals surface area contributed by atoms with Crippen LogP contribution in [0.2, 0.25) is 0 Å². The van der Waals surface area contributed by atoms with Crippen LogP contribution in [0, 0.1) is 5.82 Å². The average molecular weight is 378 g/mol. The lowest BCUT2D eigenvalue weighted by molar-refractivity contribution is 0.557. The molecule has 0 saturated carbocycles. The van der Waals surface area contributed by atoms with Gasteiger partial charge < -0.3 is 0 Å². The summed E-state index contributed by atoms with van der Waals surface area (Å²) in [7, 11) is -3.71. The highest BCUT2D eigenvalue weighted by Crippen LogP contribution is 2.19. The maximum atomic E-state index is 13.4. The molecule has 0 aliphatic carbocycles. The Morgan fingerprint density at radius 2 is 2.15 bits per heavy atom. The lowest BCUT2D eigenvalue weighted by atomic mass is 10.1. The van der Waals surface area contributed by atoms with Gasteiger partial charge in [0, 0.05) is 6.04 Å². The van der Waals surface area contributed by atoms with Crippen LogP contribution in [0.3, 0.4) is 0 Å². The third-order valence-corrected chi connectivity index (χ3v) is 5.64. The minimum Gasteiger partial charge on any atom is -0.208 e. The summed E-state index contributed by atoms with van der Waals surface area (Å²) in [6, 6.07) is 5.44. The van der Waals surface area contributed by atoms with Crippen molar-refractivity contribution in [2.45, 2.75) is 24.3 Å². The smallest absolute Gasteiger partial charge is 0.208 e. The van der Waals surface area contributed by atoms with Crippen LogP contribution in [-0.4, -0.2) is 14.5 Å². The Morgan fingerprint density at radius 3 is 2.75 bits per heavy atom. The second kappa shape index (κ2) is 6.34. The fraction of sp³-hybridized carbons (Fsp3) is 0.231. The Morgan fingerprint density at radius 1 is 1.40 bits per heavy atom. The number of nitrogens with one attached hydrogen (secondary N) is 1. The van der Waals surface area contributed by atoms with E-state index < -0.39 is 15.8 Å². The van der Waals surface area contributed by atoms with Gasteiger partial charge >= 0.3 is 0 Å². The summed E-state index contributed by atoms with van der Waals surface area (Å²) >= 11 is 4.57. The van der Waals surface area contributed by atoms with Crippen LogP contribution in [0.5, 0.6) is 0 Å². The molecule has 2 rings (SSSR count). The highest BCUT2D eigenvalue weighted by atomic mass is 79.9. The molecule has 1 unspecified atom stereocenters. The summed E-state index contributed by atoms with van der Waals surface area (Å²) < 4.78 is 40.5. The molecule has 3 nitrogen and oxygen atoms in total. The van der Waals surface area contributed by atoms with Gasteiger partial charge in [0.25, 0.3) is 0 Å². The Balaban J connectivity index is 2.12. The summed E-state index contributed by atoms with van der Waals surface area (Å²) in [5, 5.41) is 3.92. The minimum absolute atomic E-state index is 0.0737. The minimum atomic E-state index is -3.71. The second-order valence-electron chi connectivity index (χ2n) is 4.43. The zero-order valence-electron chi connectivity index (χ0n) is 10.6. The second-order valence-corrected chi connectivity index (χ2v) is 7.78. The maximum absolute atomic E-state index is 13.4. The molecule has 0 bridgehead atoms. The van der Waals surface area contributed by atoms with Crippen LogP contribution in [0.4, 0.5) is 4.39 Å². The van der Waals surface area contributed by atoms with Gasteiger partial charge in [-0.1, -0.05) is 0 Å². The largest absolute Gasteiger partial charge is 0.240 e. The molecule has 1 atom stereocenters. The molecule has 7 heteroatoms. The molecule has 0 aliphatic heterocycles. The number of thiophene rings is 1. The van der Waals surface area contributed by atoms with E-state index in [1.54, 1.807) is 18.3 Å². The Kier molecular flexibility index (Phi) is 4.95. The SMILES string of the molecule is CC(Cc1ccsc1)NS(=O)(=O)c1ccc(Br)c(F)c1. The summed E-state index contributed by atoms with van der Waals surface area (Å²) in [5.74, 6) is -0.599. The molecular weight excluding hydrogens is 365 g/mol. The van der Waals surface area contributed by atoms with Gasteiger partial charge in [-0.3, -0.25) is 0 Å². The highest BCUT2D eigenvalue weighted by molar-refractivity contribution is 9.10. The molecule has 20 heavy (non-hydrogen) atoms. The van der Waals surface area contributed by atoms with Crippen molar-refractivity contribution in [1.29, 1.82) is 0 Å². The van der Waals surface area contributed by atoms with Crippen molar-refractivity contribution in [1.82, 2.24) is 4.72 Å². The van der Waals surface area contributed by atoms with E-state index in [1.165, 1.54) is 12.1 Å². The van der Waals surface area contributed by atoms with E-state index in [-0.39, 0.29) is 15.4 Å². The molecule has 0 saturated heterocycles. The number of sulfonamides is 1. The number of hydrogen-bond acceptors (Lipinski definition) is 3. The monoisotopic (exact) mass is 377 g/mol. The summed E-state index contributed by atoms with van der Waals surface area (Å²) in [6.07, 6.45) is 0.599. The summed E-state index contributed by atoms with van der Waals surface area (Å²) in [6.45, 7) is 1.78. The number of hydrogen-bond donors (Lipinski definition) is 1. The molecule has 2 aromatic rings. The van der Waals surface area contributed by atoms with Crippen LogP contribution in [0.15, 0.2) is 44.4 Å². The third kappa shape index (κ3) is 3.88. The van der Waals surface area contributed by atoms with Crippen molar-refractivity contribution in [3.05, 3.63) is 50.9 Å². The molecule has 0 aliphatic rings. The molecular formula is C13H13BrFNO2S2. The Hall–Kier alpha value is -0.760. The van der Waals surface area contributed by atoms with Crippen LogP contribution in [0.25, 0.3) is 0 Å². The van der Waals surface area contributed by atoms with Gasteiger partial charge in [-0.05, 0) is 69.9 Å². The topological polar surface area (TPSA) is 46.2 Å². The highest BCUT2D eigenvalue weighted by Gasteiger charge is 2.19. The van der Waals surface area contributed by atoms with Crippen molar-refractivity contribution >= 4 is 37.3 Å². The quantitative estimate of drug-likeness (QED) is 0.865. The summed E-state index contributed by atoms with van der Waals surface area (Å²) in [5.41, 5.74) is 1.08. The molecule has 1 aromatic carbocycles. The van der Waals surface area contributed by atoms with Crippen molar-refractivity contribution in [2.24, 2.45) is 0 Å². The van der Waals surface area contributed by atoms with Gasteiger partial charge in [0.1, 0.15) is 5.82 Å². The van der Waals surface area contributed by atoms with E-state index in [2.05, 4.69) is 20.7 Å². The van der Waals surface area contributed by atoms with Gasteiger partial charge in [0.15, 0.2) is 0 Å². The van der Waals surface area contributed by atoms with Crippen LogP contribution >= 0.6 is 27.3 Å². The molecule has 1 N–H and O–H groups in total. The average Bonchev–Trinajstić information content (AvgIpc) is 2.84. The zero-order valence-corrected chi connectivity index (χ0v) is 13.9. The van der Waals surface area contributed by atoms with Gasteiger partial charge in [0.05, 0.1) is 9.37 Å². The first-order chi connectivity index (χ1) is 9.38. The van der Waals surface area contributed by atoms with Gasteiger partial charge in [0.2, 0.25) is 10.0 Å². The fourth-order valence-corrected chi connectivity index (χ4v) is 3.96. The van der Waals surface area contributed by atoms with Gasteiger partial charge in [-0.2, -0.15) is 11.3 Å². The zero-order chi connectivity index (χ0) is 14.8. The van der Waals surface area contributed by atoms with Crippen molar-refractivity contribution in [3.8, 4) is 0 Å². The van der Waals surface area contributed by atoms with Gasteiger partial charge in [-0.25, -0.2) is 17.5 Å². The first-order valence-corrected chi connectivity index (χ1v) is 9.09. The first kappa shape index (κ1) is 15.6. The van der Waals surface area contributed by atoms with Gasteiger partial charge in [-0.15, -0.1) is 0 Å². The number of halogens is 2. The summed E-state index contributed by atoms with van der Waals surface area (Å²) in [4.78, 5) is -0.0737. The molecule has 0 amide bonds. The third-order valence-electron chi connectivity index (χ3n) is 2.68. The van der Waals surface area contributed by atoms with E-state index in [0.717, 1.165) is 11.6 Å². The van der Waals surface area contributed by atoms with E-state index in [1.807, 2.05) is 16.8 Å². The maximum Gasteiger partial charge on any atom is 0.240 e. The normalized spacial score (nSPS) is 13.3. The molecule has 0 fully saturated rings. The lowest BCUT2D eigenvalue weighted by Gasteiger charge is -2.13.